The molecular formula is C26H26N4O4S. The maximum Gasteiger partial charge on any atom is 0.359 e. The molecule has 6 rings (SSSR count). The molecule has 1 aliphatic carbocycles. The quantitative estimate of drug-likeness (QED) is 0.413. The molecule has 9 heteroatoms. The third-order valence-electron chi connectivity index (χ3n) is 6.70. The van der Waals surface area contributed by atoms with E-state index in [0.29, 0.717) is 12.2 Å². The number of esters is 1. The van der Waals surface area contributed by atoms with Crippen LogP contribution in [0.3, 0.4) is 0 Å². The van der Waals surface area contributed by atoms with E-state index in [9.17, 15) is 4.79 Å². The molecule has 4 aromatic rings. The second-order valence-corrected chi connectivity index (χ2v) is 9.85. The molecule has 35 heavy (non-hydrogen) atoms. The Balaban J connectivity index is 1.49. The highest BCUT2D eigenvalue weighted by molar-refractivity contribution is 7.08. The van der Waals surface area contributed by atoms with Crippen LogP contribution in [0.25, 0.3) is 28.1 Å². The summed E-state index contributed by atoms with van der Waals surface area (Å²) >= 11 is 1.57. The summed E-state index contributed by atoms with van der Waals surface area (Å²) in [6.45, 7) is 0.217. The smallest absolute Gasteiger partial charge is 0.359 e. The summed E-state index contributed by atoms with van der Waals surface area (Å²) in [4.78, 5) is 13.3. The molecule has 1 aliphatic heterocycles. The average molecular weight is 491 g/mol. The molecule has 0 saturated heterocycles. The van der Waals surface area contributed by atoms with Gasteiger partial charge in [0, 0.05) is 53.6 Å². The first-order valence-corrected chi connectivity index (χ1v) is 12.5. The zero-order valence-electron chi connectivity index (χ0n) is 19.6. The summed E-state index contributed by atoms with van der Waals surface area (Å²) in [5.41, 5.74) is 11.6. The third-order valence-corrected chi connectivity index (χ3v) is 7.37. The number of fused-ring (bicyclic) bond motifs is 3. The molecule has 1 fully saturated rings. The van der Waals surface area contributed by atoms with Gasteiger partial charge in [-0.15, -0.1) is 0 Å². The minimum Gasteiger partial charge on any atom is -0.496 e. The number of hydrogen-bond donors (Lipinski definition) is 1. The standard InChI is InChI=1S/C26H26N4O4S/c1-29-7-5-15(12-29)19-10-20-23(11-22(19)32-2)33-13-21-24(26(31)34-18-4-3-16(27)9-18)28-30(25(20)21)17-6-8-35-14-17/h5-8,10-12,14,16,18H,3-4,9,13,27H2,1-2H3/t16-,18-/m0/s1. The van der Waals surface area contributed by atoms with Gasteiger partial charge in [0.15, 0.2) is 5.69 Å². The molecule has 2 atom stereocenters. The van der Waals surface area contributed by atoms with Gasteiger partial charge in [-0.1, -0.05) is 0 Å². The number of carbonyl (C=O) groups excluding carboxylic acids is 1. The zero-order chi connectivity index (χ0) is 24.1. The van der Waals surface area contributed by atoms with Crippen LogP contribution in [-0.4, -0.2) is 39.6 Å². The van der Waals surface area contributed by atoms with E-state index in [0.717, 1.165) is 52.2 Å². The third kappa shape index (κ3) is 3.81. The lowest BCUT2D eigenvalue weighted by molar-refractivity contribution is 0.0305. The van der Waals surface area contributed by atoms with Crippen molar-refractivity contribution in [1.29, 1.82) is 0 Å². The monoisotopic (exact) mass is 490 g/mol. The number of aryl methyl sites for hydroxylation is 1. The summed E-state index contributed by atoms with van der Waals surface area (Å²) in [7, 11) is 3.64. The predicted octanol–water partition coefficient (Wildman–Crippen LogP) is 4.54. The Labute approximate surface area is 206 Å². The first-order valence-electron chi connectivity index (χ1n) is 11.6. The molecule has 0 spiro atoms. The van der Waals surface area contributed by atoms with Crippen molar-refractivity contribution in [3.05, 3.63) is 58.7 Å². The van der Waals surface area contributed by atoms with E-state index >= 15 is 0 Å². The van der Waals surface area contributed by atoms with Crippen LogP contribution in [0, 0.1) is 0 Å². The lowest BCUT2D eigenvalue weighted by Gasteiger charge is -2.22. The summed E-state index contributed by atoms with van der Waals surface area (Å²) in [5, 5.41) is 8.75. The lowest BCUT2D eigenvalue weighted by Crippen LogP contribution is -2.21. The van der Waals surface area contributed by atoms with Crippen LogP contribution in [0.15, 0.2) is 47.4 Å². The molecule has 0 radical (unpaired) electrons. The van der Waals surface area contributed by atoms with Gasteiger partial charge < -0.3 is 24.5 Å². The Morgan fingerprint density at radius 1 is 1.26 bits per heavy atom. The molecule has 0 amide bonds. The summed E-state index contributed by atoms with van der Waals surface area (Å²) < 4.78 is 21.5. The Bertz CT molecular complexity index is 1410. The first kappa shape index (κ1) is 21.9. The topological polar surface area (TPSA) is 93.5 Å². The van der Waals surface area contributed by atoms with E-state index < -0.39 is 5.97 Å². The van der Waals surface area contributed by atoms with Crippen LogP contribution in [0.4, 0.5) is 0 Å². The number of thiophene rings is 1. The van der Waals surface area contributed by atoms with Gasteiger partial charge in [-0.2, -0.15) is 16.4 Å². The second kappa shape index (κ2) is 8.58. The average Bonchev–Trinajstić information content (AvgIpc) is 3.65. The minimum atomic E-state index is -0.432. The largest absolute Gasteiger partial charge is 0.496 e. The van der Waals surface area contributed by atoms with Crippen LogP contribution >= 0.6 is 11.3 Å². The molecule has 0 bridgehead atoms. The van der Waals surface area contributed by atoms with Crippen molar-refractivity contribution in [1.82, 2.24) is 14.3 Å². The number of rotatable bonds is 5. The number of aromatic nitrogens is 3. The molecule has 8 nitrogen and oxygen atoms in total. The number of methoxy groups -OCH3 is 1. The van der Waals surface area contributed by atoms with E-state index in [-0.39, 0.29) is 24.4 Å². The van der Waals surface area contributed by atoms with E-state index in [1.165, 1.54) is 0 Å². The van der Waals surface area contributed by atoms with Crippen LogP contribution in [-0.2, 0) is 18.4 Å². The maximum absolute atomic E-state index is 13.3. The number of hydrogen-bond acceptors (Lipinski definition) is 7. The Hall–Kier alpha value is -3.56. The Kier molecular flexibility index (Phi) is 5.38. The normalized spacial score (nSPS) is 18.6. The molecule has 0 unspecified atom stereocenters. The van der Waals surface area contributed by atoms with Gasteiger partial charge in [-0.25, -0.2) is 9.48 Å². The Morgan fingerprint density at radius 3 is 2.83 bits per heavy atom. The molecule has 4 heterocycles. The van der Waals surface area contributed by atoms with Crippen LogP contribution < -0.4 is 15.2 Å². The highest BCUT2D eigenvalue weighted by Gasteiger charge is 2.34. The molecule has 3 aromatic heterocycles. The van der Waals surface area contributed by atoms with Gasteiger partial charge in [0.2, 0.25) is 0 Å². The molecule has 2 N–H and O–H groups in total. The first-order chi connectivity index (χ1) is 17.0. The molecule has 1 aromatic carbocycles. The second-order valence-electron chi connectivity index (χ2n) is 9.07. The fourth-order valence-electron chi connectivity index (χ4n) is 4.95. The van der Waals surface area contributed by atoms with E-state index in [1.807, 2.05) is 57.6 Å². The Morgan fingerprint density at radius 2 is 2.14 bits per heavy atom. The van der Waals surface area contributed by atoms with Crippen LogP contribution in [0.5, 0.6) is 11.5 Å². The van der Waals surface area contributed by atoms with Gasteiger partial charge in [0.1, 0.15) is 24.2 Å². The van der Waals surface area contributed by atoms with Crippen molar-refractivity contribution >= 4 is 17.3 Å². The van der Waals surface area contributed by atoms with Gasteiger partial charge in [0.25, 0.3) is 0 Å². The van der Waals surface area contributed by atoms with Gasteiger partial charge in [-0.3, -0.25) is 0 Å². The highest BCUT2D eigenvalue weighted by Crippen LogP contribution is 2.46. The van der Waals surface area contributed by atoms with E-state index in [1.54, 1.807) is 18.4 Å². The number of nitrogens with zero attached hydrogens (tertiary/aromatic N) is 3. The van der Waals surface area contributed by atoms with Gasteiger partial charge in [0.05, 0.1) is 24.1 Å². The summed E-state index contributed by atoms with van der Waals surface area (Å²) in [5.74, 6) is 0.975. The van der Waals surface area contributed by atoms with Crippen molar-refractivity contribution < 1.29 is 19.0 Å². The van der Waals surface area contributed by atoms with Crippen molar-refractivity contribution in [3.63, 3.8) is 0 Å². The van der Waals surface area contributed by atoms with Crippen molar-refractivity contribution in [2.75, 3.05) is 7.11 Å². The zero-order valence-corrected chi connectivity index (χ0v) is 20.4. The minimum absolute atomic E-state index is 0.0756. The number of ether oxygens (including phenoxy) is 3. The van der Waals surface area contributed by atoms with E-state index in [4.69, 9.17) is 25.0 Å². The molecule has 1 saturated carbocycles. The number of carbonyl (C=O) groups is 1. The molecule has 180 valence electrons. The lowest BCUT2D eigenvalue weighted by atomic mass is 9.97. The van der Waals surface area contributed by atoms with Crippen molar-refractivity contribution in [2.45, 2.75) is 38.0 Å². The van der Waals surface area contributed by atoms with Gasteiger partial charge >= 0.3 is 5.97 Å². The summed E-state index contributed by atoms with van der Waals surface area (Å²) in [6.07, 6.45) is 6.18. The fourth-order valence-corrected chi connectivity index (χ4v) is 5.57. The highest BCUT2D eigenvalue weighted by atomic mass is 32.1. The van der Waals surface area contributed by atoms with Crippen LogP contribution in [0.1, 0.15) is 35.3 Å². The summed E-state index contributed by atoms with van der Waals surface area (Å²) in [6, 6.07) is 8.06. The van der Waals surface area contributed by atoms with Gasteiger partial charge in [-0.05, 0) is 42.8 Å². The van der Waals surface area contributed by atoms with E-state index in [2.05, 4.69) is 6.07 Å². The van der Waals surface area contributed by atoms with Crippen LogP contribution in [0.2, 0.25) is 0 Å². The van der Waals surface area contributed by atoms with Crippen molar-refractivity contribution in [3.8, 4) is 39.6 Å². The maximum atomic E-state index is 13.3. The SMILES string of the molecule is COc1cc2c(cc1-c1ccn(C)c1)-c1c(c(C(=O)O[C@H]3CC[C@H](N)C3)nn1-c1ccsc1)CO2. The molecular weight excluding hydrogens is 464 g/mol. The van der Waals surface area contributed by atoms with Crippen molar-refractivity contribution in [2.24, 2.45) is 12.8 Å². The molecule has 2 aliphatic rings. The number of benzene rings is 1. The predicted molar refractivity (Wildman–Crippen MR) is 133 cm³/mol. The number of nitrogens with two attached hydrogens (primary N) is 1. The fraction of sp³-hybridized carbons (Fsp3) is 0.308.